The van der Waals surface area contributed by atoms with Crippen LogP contribution in [0.2, 0.25) is 0 Å². The Morgan fingerprint density at radius 1 is 0.622 bits per heavy atom. The third-order valence-electron chi connectivity index (χ3n) is 15.4. The van der Waals surface area contributed by atoms with Crippen LogP contribution in [-0.4, -0.2) is 196 Å². The molecule has 1 aliphatic rings. The normalized spacial score (nSPS) is 24.0. The van der Waals surface area contributed by atoms with Gasteiger partial charge in [0.05, 0.1) is 24.8 Å². The fourth-order valence-corrected chi connectivity index (χ4v) is 10.1. The molecule has 15 atom stereocenters. The number of hydrogen-bond donors (Lipinski definition) is 19. The first-order valence-electron chi connectivity index (χ1n) is 32.9. The van der Waals surface area contributed by atoms with Crippen molar-refractivity contribution >= 4 is 82.9 Å². The first-order valence-corrected chi connectivity index (χ1v) is 32.9. The number of carbonyl (C=O) groups excluding carboxylic acids is 13. The van der Waals surface area contributed by atoms with Crippen LogP contribution in [-0.2, 0) is 62.3 Å². The van der Waals surface area contributed by atoms with Crippen LogP contribution >= 0.6 is 0 Å². The Hall–Kier alpha value is -8.72. The molecule has 2 unspecified atom stereocenters. The highest BCUT2D eigenvalue weighted by atomic mass is 16.6. The third-order valence-corrected chi connectivity index (χ3v) is 15.4. The zero-order valence-electron chi connectivity index (χ0n) is 59.6. The van der Waals surface area contributed by atoms with E-state index in [1.165, 1.54) is 38.1 Å². The maximum Gasteiger partial charge on any atom is 0.408 e. The summed E-state index contributed by atoms with van der Waals surface area (Å²) in [5, 5.41) is 73.9. The second-order valence-corrected chi connectivity index (χ2v) is 29.1. The molecule has 0 aliphatic carbocycles. The van der Waals surface area contributed by atoms with Crippen LogP contribution in [0.3, 0.4) is 0 Å². The summed E-state index contributed by atoms with van der Waals surface area (Å²) in [6, 6.07) is -11.8. The van der Waals surface area contributed by atoms with Gasteiger partial charge in [-0.1, -0.05) is 120 Å². The van der Waals surface area contributed by atoms with Crippen LogP contribution < -0.4 is 80.6 Å². The first-order chi connectivity index (χ1) is 45.2. The summed E-state index contributed by atoms with van der Waals surface area (Å²) in [5.74, 6) is -16.2. The number of aliphatic hydroxyl groups excluding tert-OH is 3. The topological polar surface area (TPSA) is 524 Å². The van der Waals surface area contributed by atoms with E-state index < -0.39 is 203 Å². The third kappa shape index (κ3) is 29.6. The molecule has 1 aliphatic heterocycles. The Morgan fingerprint density at radius 3 is 1.65 bits per heavy atom. The van der Waals surface area contributed by atoms with Gasteiger partial charge in [0, 0.05) is 6.54 Å². The summed E-state index contributed by atoms with van der Waals surface area (Å²) in [7, 11) is 0. The summed E-state index contributed by atoms with van der Waals surface area (Å²) >= 11 is 0. The molecule has 13 amide bonds. The molecule has 1 heterocycles. The van der Waals surface area contributed by atoms with Gasteiger partial charge in [0.1, 0.15) is 66.0 Å². The van der Waals surface area contributed by atoms with Crippen LogP contribution in [0.15, 0.2) is 30.3 Å². The molecule has 0 radical (unpaired) electrons. The molecule has 1 aromatic rings. The standard InChI is InChI=1S/C65H110N16O17/c1-18-33(6)42-57(93)78-43(35(8)82)56(92)70-30-41(83)76-47(49(85)50(66)86)59(95)71-34(7)51(87)79-44(36-23-20-19-21-24-36)45(80-55(91)39(28-63(9,10)11)74-54(90)40(29-64(12,13)14)75-62(97)98-65(15,16)17)58(94)81-46(48(84)32(4)5)60(96)73-38(27-31(2)3)53(89)72-37(52(88)77-42)25-22-26-69-61(67)68/h19-21,23-24,31-35,37-40,42-49,82,84-85H,18,22,25-30H2,1-17H3,(H2,66,86)(H,70,92)(H,71,95)(H,72,89)(H,73,96)(H,74,90)(H,75,97)(H,76,83)(H,77,88)(H,78,93)(H,79,87)(H,80,91)(H,81,94)(H4,67,68,69)/t33-,34-,35-,37+,38-,39-,40+,42-,43-,44+,45?,46-,47?,48+,49-/m0/s1. The van der Waals surface area contributed by atoms with Gasteiger partial charge in [0.25, 0.3) is 0 Å². The van der Waals surface area contributed by atoms with Gasteiger partial charge in [-0.2, -0.15) is 0 Å². The van der Waals surface area contributed by atoms with Crippen LogP contribution in [0.1, 0.15) is 168 Å². The average Bonchev–Trinajstić information content (AvgIpc) is 0.808. The van der Waals surface area contributed by atoms with Crippen molar-refractivity contribution in [2.45, 2.75) is 247 Å². The SMILES string of the molecule is CC[C@H](C)[C@@H]1NC(=O)[C@@H](CCCNC(=N)N)NC(=O)[C@H](CC(C)C)NC(=O)[C@H]([C@H](O)C(C)C)NC(=O)C(NC(=O)[C@H](CC(C)(C)C)NC(=O)[C@@H](CC(C)(C)C)NC(=O)OC(C)(C)C)[C@@H](c2ccccc2)NC(=O)[C@H](C)NC(=O)C([C@H](O)C(N)=O)NC(=O)CNC(=O)[C@H]([C@H](C)O)NC1=O. The molecule has 21 N–H and O–H groups in total. The van der Waals surface area contributed by atoms with Crippen molar-refractivity contribution in [3.63, 3.8) is 0 Å². The lowest BCUT2D eigenvalue weighted by Gasteiger charge is -2.35. The maximum absolute atomic E-state index is 15.7. The summed E-state index contributed by atoms with van der Waals surface area (Å²) in [4.78, 5) is 186. The molecule has 98 heavy (non-hydrogen) atoms. The molecule has 0 saturated carbocycles. The molecular formula is C65H110N16O17. The summed E-state index contributed by atoms with van der Waals surface area (Å²) in [6.07, 6.45) is -7.09. The summed E-state index contributed by atoms with van der Waals surface area (Å²) in [5.41, 5.74) is 8.61. The molecule has 2 rings (SSSR count). The molecule has 0 bridgehead atoms. The Balaban J connectivity index is 3.17. The van der Waals surface area contributed by atoms with Gasteiger partial charge in [-0.25, -0.2) is 4.79 Å². The van der Waals surface area contributed by atoms with Crippen molar-refractivity contribution in [1.82, 2.24) is 69.1 Å². The van der Waals surface area contributed by atoms with E-state index in [9.17, 15) is 63.3 Å². The predicted octanol–water partition coefficient (Wildman–Crippen LogP) is -2.28. The highest BCUT2D eigenvalue weighted by molar-refractivity contribution is 6.01. The van der Waals surface area contributed by atoms with Crippen LogP contribution in [0.5, 0.6) is 0 Å². The van der Waals surface area contributed by atoms with E-state index in [4.69, 9.17) is 21.6 Å². The quantitative estimate of drug-likeness (QED) is 0.0350. The summed E-state index contributed by atoms with van der Waals surface area (Å²) in [6.45, 7) is 26.4. The zero-order chi connectivity index (χ0) is 75.1. The number of rotatable bonds is 21. The number of ether oxygens (including phenoxy) is 1. The number of nitrogens with two attached hydrogens (primary N) is 2. The largest absolute Gasteiger partial charge is 0.444 e. The molecule has 1 aromatic carbocycles. The Labute approximate surface area is 573 Å². The second kappa shape index (κ2) is 38.4. The molecule has 552 valence electrons. The molecule has 1 fully saturated rings. The lowest BCUT2D eigenvalue weighted by Crippen LogP contribution is -2.65. The number of hydrogen-bond acceptors (Lipinski definition) is 18. The Bertz CT molecular complexity index is 2950. The fourth-order valence-electron chi connectivity index (χ4n) is 10.1. The van der Waals surface area contributed by atoms with Gasteiger partial charge >= 0.3 is 6.09 Å². The molecular weight excluding hydrogens is 1280 g/mol. The van der Waals surface area contributed by atoms with Crippen LogP contribution in [0.25, 0.3) is 0 Å². The molecule has 1 saturated heterocycles. The van der Waals surface area contributed by atoms with Gasteiger partial charge in [-0.05, 0) is 101 Å². The van der Waals surface area contributed by atoms with Gasteiger partial charge in [0.15, 0.2) is 12.1 Å². The van der Waals surface area contributed by atoms with E-state index in [2.05, 4.69) is 69.1 Å². The van der Waals surface area contributed by atoms with Crippen LogP contribution in [0.4, 0.5) is 4.79 Å². The second-order valence-electron chi connectivity index (χ2n) is 29.1. The van der Waals surface area contributed by atoms with Crippen molar-refractivity contribution < 1.29 is 82.4 Å². The van der Waals surface area contributed by atoms with Gasteiger partial charge < -0.3 is 101 Å². The predicted molar refractivity (Wildman–Crippen MR) is 360 cm³/mol. The number of carbonyl (C=O) groups is 13. The lowest BCUT2D eigenvalue weighted by molar-refractivity contribution is -0.140. The van der Waals surface area contributed by atoms with Crippen molar-refractivity contribution in [3.05, 3.63) is 35.9 Å². The van der Waals surface area contributed by atoms with Crippen molar-refractivity contribution in [3.8, 4) is 0 Å². The maximum atomic E-state index is 15.7. The highest BCUT2D eigenvalue weighted by Gasteiger charge is 2.43. The molecule has 0 aromatic heterocycles. The van der Waals surface area contributed by atoms with Crippen LogP contribution in [0, 0.1) is 34.0 Å². The molecule has 33 nitrogen and oxygen atoms in total. The van der Waals surface area contributed by atoms with Crippen molar-refractivity contribution in [1.29, 1.82) is 5.41 Å². The highest BCUT2D eigenvalue weighted by Crippen LogP contribution is 2.26. The van der Waals surface area contributed by atoms with Gasteiger partial charge in [-0.15, -0.1) is 0 Å². The van der Waals surface area contributed by atoms with E-state index in [-0.39, 0.29) is 56.6 Å². The minimum atomic E-state index is -2.50. The number of aliphatic hydroxyl groups is 3. The Morgan fingerprint density at radius 2 is 1.14 bits per heavy atom. The number of guanidine groups is 1. The number of benzene rings is 1. The fraction of sp³-hybridized carbons (Fsp3) is 0.692. The Kier molecular flexibility index (Phi) is 33.5. The number of nitrogens with one attached hydrogen (secondary N) is 14. The van der Waals surface area contributed by atoms with Crippen molar-refractivity contribution in [2.24, 2.45) is 40.1 Å². The van der Waals surface area contributed by atoms with Crippen molar-refractivity contribution in [2.75, 3.05) is 13.1 Å². The van der Waals surface area contributed by atoms with E-state index in [0.29, 0.717) is 0 Å². The number of primary amides is 1. The van der Waals surface area contributed by atoms with Gasteiger partial charge in [-0.3, -0.25) is 62.9 Å². The van der Waals surface area contributed by atoms with E-state index in [0.717, 1.165) is 13.8 Å². The smallest absolute Gasteiger partial charge is 0.408 e. The minimum Gasteiger partial charge on any atom is -0.444 e. The van der Waals surface area contributed by atoms with E-state index in [1.807, 2.05) is 20.8 Å². The van der Waals surface area contributed by atoms with Gasteiger partial charge in [0.2, 0.25) is 70.9 Å². The monoisotopic (exact) mass is 1390 g/mol. The minimum absolute atomic E-state index is 0.0140. The lowest BCUT2D eigenvalue weighted by atomic mass is 9.86. The number of amides is 13. The first kappa shape index (κ1) is 85.4. The van der Waals surface area contributed by atoms with E-state index in [1.54, 1.807) is 75.3 Å². The number of alkyl carbamates (subject to hydrolysis) is 1. The average molecular weight is 1390 g/mol. The molecule has 0 spiro atoms. The zero-order valence-corrected chi connectivity index (χ0v) is 59.6. The molecule has 33 heteroatoms. The summed E-state index contributed by atoms with van der Waals surface area (Å²) < 4.78 is 5.48. The van der Waals surface area contributed by atoms with E-state index >= 15 is 14.4 Å².